The number of ether oxygens (including phenoxy) is 2. The highest BCUT2D eigenvalue weighted by Crippen LogP contribution is 2.15. The zero-order chi connectivity index (χ0) is 13.4. The molecule has 6 heteroatoms. The first kappa shape index (κ1) is 12.1. The van der Waals surface area contributed by atoms with Gasteiger partial charge in [-0.25, -0.2) is 4.98 Å². The molecule has 0 bridgehead atoms. The number of fused-ring (bicyclic) bond motifs is 1. The Hall–Kier alpha value is -1.95. The van der Waals surface area contributed by atoms with Gasteiger partial charge in [-0.1, -0.05) is 0 Å². The first-order valence-electron chi connectivity index (χ1n) is 6.28. The molecule has 0 amide bonds. The van der Waals surface area contributed by atoms with E-state index in [1.54, 1.807) is 13.0 Å². The largest absolute Gasteiger partial charge is 0.439 e. The van der Waals surface area contributed by atoms with E-state index in [0.29, 0.717) is 29.2 Å². The van der Waals surface area contributed by atoms with Gasteiger partial charge >= 0.3 is 5.88 Å². The lowest BCUT2D eigenvalue weighted by Crippen LogP contribution is -2.34. The molecular weight excluding hydrogens is 246 g/mol. The molecule has 0 saturated carbocycles. The van der Waals surface area contributed by atoms with Gasteiger partial charge in [0, 0.05) is 6.42 Å². The summed E-state index contributed by atoms with van der Waals surface area (Å²) in [5.41, 5.74) is 0.523. The second-order valence-electron chi connectivity index (χ2n) is 4.78. The van der Waals surface area contributed by atoms with E-state index in [-0.39, 0.29) is 11.7 Å². The minimum absolute atomic E-state index is 0.0566. The van der Waals surface area contributed by atoms with E-state index >= 15 is 0 Å². The SMILES string of the molecule is Cc1nc2c[n+](C)c(O[C@H]3CCOC3)cc2c(=O)[nH]1. The third kappa shape index (κ3) is 2.31. The summed E-state index contributed by atoms with van der Waals surface area (Å²) in [4.78, 5) is 18.9. The molecule has 0 aromatic carbocycles. The highest BCUT2D eigenvalue weighted by Gasteiger charge is 2.22. The number of hydrogen-bond acceptors (Lipinski definition) is 4. The van der Waals surface area contributed by atoms with Crippen molar-refractivity contribution < 1.29 is 14.0 Å². The Balaban J connectivity index is 2.05. The van der Waals surface area contributed by atoms with Gasteiger partial charge in [-0.05, 0) is 6.92 Å². The van der Waals surface area contributed by atoms with Gasteiger partial charge in [0.2, 0.25) is 0 Å². The first-order chi connectivity index (χ1) is 9.13. The zero-order valence-electron chi connectivity index (χ0n) is 11.0. The standard InChI is InChI=1S/C13H15N3O3/c1-8-14-11-6-16(2)12(5-10(11)13(17)15-8)19-9-3-4-18-7-9/h5-6,9H,3-4,7H2,1-2H3/p+1/t9-/m0/s1. The van der Waals surface area contributed by atoms with Crippen LogP contribution in [0, 0.1) is 6.92 Å². The number of nitrogens with one attached hydrogen (secondary N) is 1. The summed E-state index contributed by atoms with van der Waals surface area (Å²) in [6.45, 7) is 3.09. The van der Waals surface area contributed by atoms with Crippen molar-refractivity contribution in [3.05, 3.63) is 28.4 Å². The molecule has 1 atom stereocenters. The van der Waals surface area contributed by atoms with Gasteiger partial charge in [0.1, 0.15) is 24.5 Å². The Kier molecular flexibility index (Phi) is 2.94. The molecule has 1 fully saturated rings. The van der Waals surface area contributed by atoms with Crippen LogP contribution in [-0.4, -0.2) is 29.3 Å². The average Bonchev–Trinajstić information content (AvgIpc) is 2.83. The predicted octanol–water partition coefficient (Wildman–Crippen LogP) is 0.224. The van der Waals surface area contributed by atoms with E-state index in [4.69, 9.17) is 9.47 Å². The Bertz CT molecular complexity index is 675. The van der Waals surface area contributed by atoms with E-state index in [2.05, 4.69) is 9.97 Å². The summed E-state index contributed by atoms with van der Waals surface area (Å²) in [5.74, 6) is 1.26. The van der Waals surface area contributed by atoms with Crippen molar-refractivity contribution in [3.8, 4) is 5.88 Å². The van der Waals surface area contributed by atoms with E-state index in [1.165, 1.54) is 0 Å². The summed E-state index contributed by atoms with van der Waals surface area (Å²) in [6.07, 6.45) is 2.74. The van der Waals surface area contributed by atoms with Crippen LogP contribution in [0.4, 0.5) is 0 Å². The highest BCUT2D eigenvalue weighted by atomic mass is 16.5. The van der Waals surface area contributed by atoms with Crippen LogP contribution >= 0.6 is 0 Å². The van der Waals surface area contributed by atoms with Crippen molar-refractivity contribution in [3.63, 3.8) is 0 Å². The van der Waals surface area contributed by atoms with E-state index in [9.17, 15) is 4.79 Å². The van der Waals surface area contributed by atoms with Gasteiger partial charge in [-0.3, -0.25) is 4.79 Å². The number of aromatic nitrogens is 3. The number of aryl methyl sites for hydroxylation is 2. The average molecular weight is 262 g/mol. The molecule has 2 aromatic heterocycles. The third-order valence-corrected chi connectivity index (χ3v) is 3.21. The molecule has 0 aliphatic carbocycles. The topological polar surface area (TPSA) is 68.1 Å². The van der Waals surface area contributed by atoms with Crippen LogP contribution in [0.2, 0.25) is 0 Å². The molecule has 100 valence electrons. The van der Waals surface area contributed by atoms with Gasteiger partial charge in [0.25, 0.3) is 5.56 Å². The summed E-state index contributed by atoms with van der Waals surface area (Å²) in [7, 11) is 1.88. The fraction of sp³-hybridized carbons (Fsp3) is 0.462. The van der Waals surface area contributed by atoms with Crippen LogP contribution in [0.5, 0.6) is 5.88 Å². The molecule has 0 radical (unpaired) electrons. The third-order valence-electron chi connectivity index (χ3n) is 3.21. The smallest absolute Gasteiger partial charge is 0.368 e. The van der Waals surface area contributed by atoms with E-state index in [0.717, 1.165) is 13.0 Å². The van der Waals surface area contributed by atoms with Crippen molar-refractivity contribution in [2.24, 2.45) is 7.05 Å². The number of hydrogen-bond donors (Lipinski definition) is 1. The van der Waals surface area contributed by atoms with Crippen molar-refractivity contribution in [1.29, 1.82) is 0 Å². The van der Waals surface area contributed by atoms with Crippen LogP contribution < -0.4 is 14.9 Å². The van der Waals surface area contributed by atoms with Crippen molar-refractivity contribution >= 4 is 10.9 Å². The van der Waals surface area contributed by atoms with Gasteiger partial charge in [0.05, 0.1) is 24.7 Å². The fourth-order valence-corrected chi connectivity index (χ4v) is 2.22. The monoisotopic (exact) mass is 262 g/mol. The van der Waals surface area contributed by atoms with Crippen LogP contribution in [0.3, 0.4) is 0 Å². The minimum atomic E-state index is -0.143. The molecule has 6 nitrogen and oxygen atoms in total. The molecule has 19 heavy (non-hydrogen) atoms. The molecule has 3 rings (SSSR count). The van der Waals surface area contributed by atoms with Crippen LogP contribution in [0.25, 0.3) is 10.9 Å². The van der Waals surface area contributed by atoms with Crippen molar-refractivity contribution in [2.45, 2.75) is 19.4 Å². The maximum Gasteiger partial charge on any atom is 0.368 e. The normalized spacial score (nSPS) is 18.9. The van der Waals surface area contributed by atoms with Gasteiger partial charge < -0.3 is 14.5 Å². The number of H-pyrrole nitrogens is 1. The first-order valence-corrected chi connectivity index (χ1v) is 6.28. The predicted molar refractivity (Wildman–Crippen MR) is 68.1 cm³/mol. The van der Waals surface area contributed by atoms with Crippen molar-refractivity contribution in [2.75, 3.05) is 13.2 Å². The lowest BCUT2D eigenvalue weighted by atomic mass is 10.3. The molecule has 2 aromatic rings. The van der Waals surface area contributed by atoms with E-state index < -0.39 is 0 Å². The molecule has 1 aliphatic heterocycles. The lowest BCUT2D eigenvalue weighted by molar-refractivity contribution is -0.676. The lowest BCUT2D eigenvalue weighted by Gasteiger charge is -2.09. The summed E-state index contributed by atoms with van der Waals surface area (Å²) in [6, 6.07) is 1.74. The Labute approximate surface area is 110 Å². The Morgan fingerprint density at radius 1 is 1.58 bits per heavy atom. The number of aromatic amines is 1. The van der Waals surface area contributed by atoms with Gasteiger partial charge in [0.15, 0.2) is 6.20 Å². The summed E-state index contributed by atoms with van der Waals surface area (Å²) < 4.78 is 13.0. The summed E-state index contributed by atoms with van der Waals surface area (Å²) in [5, 5.41) is 0.539. The second-order valence-corrected chi connectivity index (χ2v) is 4.78. The molecule has 1 aliphatic rings. The van der Waals surface area contributed by atoms with E-state index in [1.807, 2.05) is 17.8 Å². The van der Waals surface area contributed by atoms with Crippen LogP contribution in [0.1, 0.15) is 12.2 Å². The molecule has 0 unspecified atom stereocenters. The number of nitrogens with zero attached hydrogens (tertiary/aromatic N) is 2. The Morgan fingerprint density at radius 2 is 2.42 bits per heavy atom. The second kappa shape index (κ2) is 4.62. The molecule has 1 saturated heterocycles. The molecule has 1 N–H and O–H groups in total. The Morgan fingerprint density at radius 3 is 3.16 bits per heavy atom. The zero-order valence-corrected chi connectivity index (χ0v) is 11.0. The molecule has 0 spiro atoms. The maximum atomic E-state index is 11.9. The fourth-order valence-electron chi connectivity index (χ4n) is 2.22. The molecule has 3 heterocycles. The number of rotatable bonds is 2. The quantitative estimate of drug-likeness (QED) is 0.786. The van der Waals surface area contributed by atoms with Crippen LogP contribution in [0.15, 0.2) is 17.1 Å². The maximum absolute atomic E-state index is 11.9. The van der Waals surface area contributed by atoms with Crippen LogP contribution in [-0.2, 0) is 11.8 Å². The van der Waals surface area contributed by atoms with Crippen molar-refractivity contribution in [1.82, 2.24) is 9.97 Å². The highest BCUT2D eigenvalue weighted by molar-refractivity contribution is 5.76. The van der Waals surface area contributed by atoms with Gasteiger partial charge in [-0.2, -0.15) is 4.57 Å². The number of pyridine rings is 1. The minimum Gasteiger partial charge on any atom is -0.439 e. The molecular formula is C13H16N3O3+. The van der Waals surface area contributed by atoms with Gasteiger partial charge in [-0.15, -0.1) is 0 Å². The summed E-state index contributed by atoms with van der Waals surface area (Å²) >= 11 is 0.